The molecule has 5 aromatic rings. The van der Waals surface area contributed by atoms with Gasteiger partial charge in [-0.05, 0) is 80.1 Å². The van der Waals surface area contributed by atoms with Crippen molar-refractivity contribution in [3.63, 3.8) is 0 Å². The zero-order chi connectivity index (χ0) is 43.5. The van der Waals surface area contributed by atoms with Gasteiger partial charge in [-0.25, -0.2) is 13.8 Å². The second-order valence-electron chi connectivity index (χ2n) is 16.7. The van der Waals surface area contributed by atoms with E-state index in [9.17, 15) is 19.2 Å². The molecule has 0 aliphatic carbocycles. The van der Waals surface area contributed by atoms with Crippen molar-refractivity contribution in [1.82, 2.24) is 39.8 Å². The zero-order valence-corrected chi connectivity index (χ0v) is 35.0. The number of nitrogens with zero attached hydrogens (tertiary/aromatic N) is 7. The Morgan fingerprint density at radius 2 is 1.62 bits per heavy atom. The van der Waals surface area contributed by atoms with Gasteiger partial charge in [0, 0.05) is 79.6 Å². The van der Waals surface area contributed by atoms with E-state index in [0.29, 0.717) is 77.3 Å². The van der Waals surface area contributed by atoms with Crippen LogP contribution in [0.2, 0.25) is 0 Å². The maximum atomic E-state index is 15.4. The van der Waals surface area contributed by atoms with E-state index in [1.165, 1.54) is 12.1 Å². The number of aromatic nitrogens is 4. The second-order valence-corrected chi connectivity index (χ2v) is 16.7. The van der Waals surface area contributed by atoms with Crippen molar-refractivity contribution in [3.05, 3.63) is 101 Å². The molecule has 15 heteroatoms. The number of carbonyl (C=O) groups is 4. The molecule has 0 saturated carbocycles. The van der Waals surface area contributed by atoms with Crippen LogP contribution in [0.25, 0.3) is 33.4 Å². The number of para-hydroxylation sites is 1. The molecule has 3 aromatic carbocycles. The first-order valence-corrected chi connectivity index (χ1v) is 21.8. The molecule has 6 heterocycles. The molecule has 63 heavy (non-hydrogen) atoms. The molecule has 324 valence electrons. The number of carbonyl (C=O) groups excluding carboxylic acids is 4. The van der Waals surface area contributed by atoms with E-state index < -0.39 is 41.3 Å². The molecule has 4 amide bonds. The lowest BCUT2D eigenvalue weighted by molar-refractivity contribution is -0.143. The van der Waals surface area contributed by atoms with Crippen LogP contribution < -0.4 is 5.32 Å². The summed E-state index contributed by atoms with van der Waals surface area (Å²) in [5.41, 5.74) is 5.34. The van der Waals surface area contributed by atoms with E-state index in [-0.39, 0.29) is 37.4 Å². The van der Waals surface area contributed by atoms with Gasteiger partial charge in [0.25, 0.3) is 5.91 Å². The Labute approximate surface area is 363 Å². The van der Waals surface area contributed by atoms with Crippen molar-refractivity contribution in [2.75, 3.05) is 45.9 Å². The van der Waals surface area contributed by atoms with Crippen LogP contribution in [0.15, 0.2) is 67.1 Å². The predicted molar refractivity (Wildman–Crippen MR) is 230 cm³/mol. The molecule has 1 atom stereocenters. The number of unbranched alkanes of at least 4 members (excludes halogenated alkanes) is 3. The predicted octanol–water partition coefficient (Wildman–Crippen LogP) is 5.85. The first-order valence-electron chi connectivity index (χ1n) is 21.8. The summed E-state index contributed by atoms with van der Waals surface area (Å²) in [6, 6.07) is 12.8. The summed E-state index contributed by atoms with van der Waals surface area (Å²) >= 11 is 0. The molecule has 3 fully saturated rings. The van der Waals surface area contributed by atoms with E-state index in [1.807, 2.05) is 40.0 Å². The maximum Gasteiger partial charge on any atom is 0.261 e. The summed E-state index contributed by atoms with van der Waals surface area (Å²) in [4.78, 5) is 65.5. The summed E-state index contributed by atoms with van der Waals surface area (Å²) in [6.07, 6.45) is 11.4. The van der Waals surface area contributed by atoms with Crippen LogP contribution in [0.4, 0.5) is 8.78 Å². The van der Waals surface area contributed by atoms with Crippen molar-refractivity contribution in [1.29, 1.82) is 0 Å². The fourth-order valence-corrected chi connectivity index (χ4v) is 9.08. The average molecular weight is 855 g/mol. The highest BCUT2D eigenvalue weighted by atomic mass is 19.1. The lowest BCUT2D eigenvalue weighted by Gasteiger charge is -2.34. The molecular formula is C48H48F2N8O5. The molecule has 1 unspecified atom stereocenters. The lowest BCUT2D eigenvalue weighted by atomic mass is 9.91. The van der Waals surface area contributed by atoms with Crippen molar-refractivity contribution in [2.24, 2.45) is 0 Å². The summed E-state index contributed by atoms with van der Waals surface area (Å²) in [7, 11) is 0. The number of ether oxygens (including phenoxy) is 1. The van der Waals surface area contributed by atoms with Crippen molar-refractivity contribution in [2.45, 2.75) is 76.4 Å². The van der Waals surface area contributed by atoms with Gasteiger partial charge in [-0.15, -0.1) is 0 Å². The minimum Gasteiger partial charge on any atom is -0.379 e. The molecule has 4 aliphatic rings. The van der Waals surface area contributed by atoms with Crippen LogP contribution in [-0.2, 0) is 32.1 Å². The van der Waals surface area contributed by atoms with E-state index >= 15 is 8.78 Å². The molecule has 4 aliphatic heterocycles. The van der Waals surface area contributed by atoms with E-state index in [1.54, 1.807) is 24.5 Å². The first kappa shape index (κ1) is 42.1. The Kier molecular flexibility index (Phi) is 12.5. The zero-order valence-electron chi connectivity index (χ0n) is 35.0. The number of rotatable bonds is 11. The first-order chi connectivity index (χ1) is 30.7. The van der Waals surface area contributed by atoms with Gasteiger partial charge < -0.3 is 9.64 Å². The fraction of sp³-hybridized carbons (Fsp3) is 0.396. The van der Waals surface area contributed by atoms with Crippen LogP contribution in [0.3, 0.4) is 0 Å². The summed E-state index contributed by atoms with van der Waals surface area (Å²) in [5, 5.41) is 6.94. The summed E-state index contributed by atoms with van der Waals surface area (Å²) in [6.45, 7) is 5.50. The number of hydrogen-bond donors (Lipinski definition) is 1. The van der Waals surface area contributed by atoms with Crippen LogP contribution in [0.5, 0.6) is 0 Å². The third kappa shape index (κ3) is 9.15. The van der Waals surface area contributed by atoms with Crippen LogP contribution in [0.1, 0.15) is 84.5 Å². The number of morpholine rings is 1. The standard InChI is InChI=1S/C48H48F2N8O5/c49-39-24-32(25-40(50)38(39)30-56-20-22-63-23-21-56)35-10-7-12-41-46(35)53-42(28-51-41)33-27-52-57(29-33)34-15-18-55(19-16-34)17-5-3-1-2-4-8-31-9-6-11-36-37(31)26-45(60)58(48(36)62)43-13-14-44(59)54-47(43)61/h6-7,9-12,24-25,27-29,34,43H,1-3,5,13-23,26,30H2,(H,54,59,61). The monoisotopic (exact) mass is 854 g/mol. The smallest absolute Gasteiger partial charge is 0.261 e. The molecule has 13 nitrogen and oxygen atoms in total. The van der Waals surface area contributed by atoms with Gasteiger partial charge in [-0.3, -0.25) is 44.0 Å². The van der Waals surface area contributed by atoms with E-state index in [2.05, 4.69) is 27.0 Å². The van der Waals surface area contributed by atoms with Crippen molar-refractivity contribution < 1.29 is 32.7 Å². The van der Waals surface area contributed by atoms with Gasteiger partial charge in [0.1, 0.15) is 17.7 Å². The highest BCUT2D eigenvalue weighted by Crippen LogP contribution is 2.33. The molecule has 0 bridgehead atoms. The molecule has 9 rings (SSSR count). The van der Waals surface area contributed by atoms with Crippen molar-refractivity contribution >= 4 is 34.7 Å². The maximum absolute atomic E-state index is 15.4. The Balaban J connectivity index is 0.751. The number of benzene rings is 3. The Bertz CT molecular complexity index is 2620. The van der Waals surface area contributed by atoms with Gasteiger partial charge in [0.15, 0.2) is 0 Å². The van der Waals surface area contributed by atoms with E-state index in [4.69, 9.17) is 14.8 Å². The molecule has 1 N–H and O–H groups in total. The lowest BCUT2D eigenvalue weighted by Crippen LogP contribution is -2.58. The van der Waals surface area contributed by atoms with Gasteiger partial charge >= 0.3 is 0 Å². The Morgan fingerprint density at radius 3 is 2.41 bits per heavy atom. The third-order valence-electron chi connectivity index (χ3n) is 12.6. The largest absolute Gasteiger partial charge is 0.379 e. The Morgan fingerprint density at radius 1 is 0.841 bits per heavy atom. The SMILES string of the molecule is O=C1CCC(N2C(=O)Cc3c(C#CCCCCCN4CCC(n5cc(-c6cnc7cccc(-c8cc(F)c(CN9CCOCC9)c(F)c8)c7n6)cn5)CC4)cccc3C2=O)C(=O)N1. The van der Waals surface area contributed by atoms with Gasteiger partial charge in [-0.2, -0.15) is 5.10 Å². The number of hydrogen-bond acceptors (Lipinski definition) is 10. The molecule has 0 spiro atoms. The van der Waals surface area contributed by atoms with Crippen LogP contribution >= 0.6 is 0 Å². The van der Waals surface area contributed by atoms with Gasteiger partial charge in [0.05, 0.1) is 54.8 Å². The number of fused-ring (bicyclic) bond motifs is 2. The highest BCUT2D eigenvalue weighted by molar-refractivity contribution is 6.14. The molecule has 2 aromatic heterocycles. The summed E-state index contributed by atoms with van der Waals surface area (Å²) < 4.78 is 38.2. The topological polar surface area (TPSA) is 143 Å². The number of likely N-dealkylation sites (tertiary alicyclic amines) is 1. The fourth-order valence-electron chi connectivity index (χ4n) is 9.08. The molecule has 0 radical (unpaired) electrons. The Hall–Kier alpha value is -6.21. The minimum atomic E-state index is -0.983. The third-order valence-corrected chi connectivity index (χ3v) is 12.6. The van der Waals surface area contributed by atoms with Gasteiger partial charge in [-0.1, -0.05) is 36.5 Å². The van der Waals surface area contributed by atoms with E-state index in [0.717, 1.165) is 62.2 Å². The van der Waals surface area contributed by atoms with Gasteiger partial charge in [0.2, 0.25) is 17.7 Å². The normalized spacial score (nSPS) is 19.0. The van der Waals surface area contributed by atoms with Crippen LogP contribution in [-0.4, -0.2) is 110 Å². The number of halogens is 2. The van der Waals surface area contributed by atoms with Crippen LogP contribution in [0, 0.1) is 23.5 Å². The number of piperidine rings is 2. The molecular weight excluding hydrogens is 807 g/mol. The minimum absolute atomic E-state index is 0.0250. The number of amides is 4. The quantitative estimate of drug-likeness (QED) is 0.0978. The highest BCUT2D eigenvalue weighted by Gasteiger charge is 2.42. The molecule has 3 saturated heterocycles. The average Bonchev–Trinajstić information content (AvgIpc) is 3.79. The summed E-state index contributed by atoms with van der Waals surface area (Å²) in [5.74, 6) is 3.23. The number of nitrogens with one attached hydrogen (secondary N) is 1. The second kappa shape index (κ2) is 18.6. The van der Waals surface area contributed by atoms with Crippen molar-refractivity contribution in [3.8, 4) is 34.2 Å². The number of imide groups is 2.